The molecule has 258 valence electrons. The van der Waals surface area contributed by atoms with Gasteiger partial charge in [0, 0.05) is 38.2 Å². The normalized spacial score (nSPS) is 11.6. The minimum Gasteiger partial charge on any atom is -0.455 e. The van der Waals surface area contributed by atoms with Crippen LogP contribution in [0, 0.1) is 0 Å². The van der Waals surface area contributed by atoms with Crippen LogP contribution in [0.15, 0.2) is 209 Å². The molecule has 0 unspecified atom stereocenters. The molecule has 11 aromatic rings. The molecule has 0 aliphatic carbocycles. The lowest BCUT2D eigenvalue weighted by molar-refractivity contribution is 0.669. The van der Waals surface area contributed by atoms with Crippen LogP contribution in [0.5, 0.6) is 0 Å². The monoisotopic (exact) mass is 703 g/mol. The van der Waals surface area contributed by atoms with Crippen LogP contribution in [0.1, 0.15) is 0 Å². The second-order valence-electron chi connectivity index (χ2n) is 14.0. The highest BCUT2D eigenvalue weighted by molar-refractivity contribution is 6.13. The lowest BCUT2D eigenvalue weighted by atomic mass is 9.96. The number of fused-ring (bicyclic) bond motifs is 7. The fraction of sp³-hybridized carbons (Fsp3) is 0. The summed E-state index contributed by atoms with van der Waals surface area (Å²) >= 11 is 0. The maximum absolute atomic E-state index is 6.66. The maximum Gasteiger partial charge on any atom is 0.159 e. The number of anilines is 3. The van der Waals surface area contributed by atoms with Crippen molar-refractivity contribution in [3.05, 3.63) is 200 Å². The number of hydrogen-bond donors (Lipinski definition) is 0. The van der Waals surface area contributed by atoms with E-state index in [1.807, 2.05) is 18.2 Å². The quantitative estimate of drug-likeness (QED) is 0.173. The number of rotatable bonds is 6. The summed E-state index contributed by atoms with van der Waals surface area (Å²) < 4.78 is 13.2. The van der Waals surface area contributed by atoms with Gasteiger partial charge in [0.15, 0.2) is 5.58 Å². The molecule has 3 heteroatoms. The Morgan fingerprint density at radius 3 is 1.65 bits per heavy atom. The molecule has 0 saturated heterocycles. The van der Waals surface area contributed by atoms with Gasteiger partial charge in [0.05, 0.1) is 11.4 Å². The van der Waals surface area contributed by atoms with Gasteiger partial charge in [0.25, 0.3) is 0 Å². The third-order valence-corrected chi connectivity index (χ3v) is 10.9. The molecule has 0 bridgehead atoms. The summed E-state index contributed by atoms with van der Waals surface area (Å²) in [5.74, 6) is 0. The molecule has 0 radical (unpaired) electrons. The van der Waals surface area contributed by atoms with E-state index in [1.54, 1.807) is 0 Å². The average molecular weight is 704 g/mol. The number of nitrogens with zero attached hydrogens (tertiary/aromatic N) is 1. The Morgan fingerprint density at radius 1 is 0.291 bits per heavy atom. The lowest BCUT2D eigenvalue weighted by Crippen LogP contribution is -2.11. The van der Waals surface area contributed by atoms with E-state index in [-0.39, 0.29) is 0 Å². The SMILES string of the molecule is c1ccc(-c2ccc(N(c3ccc(-c4ccc5oc6c(-c7ccccc7)cccc6c5c4)cc3)c3cccc4c3oc3ccccc34)c3ccccc23)cc1. The van der Waals surface area contributed by atoms with E-state index in [1.165, 1.54) is 16.5 Å². The first kappa shape index (κ1) is 31.2. The Morgan fingerprint density at radius 2 is 0.873 bits per heavy atom. The molecule has 9 aromatic carbocycles. The van der Waals surface area contributed by atoms with Gasteiger partial charge in [-0.25, -0.2) is 0 Å². The molecular weight excluding hydrogens is 671 g/mol. The van der Waals surface area contributed by atoms with E-state index >= 15 is 0 Å². The molecule has 11 rings (SSSR count). The fourth-order valence-electron chi connectivity index (χ4n) is 8.29. The predicted molar refractivity (Wildman–Crippen MR) is 229 cm³/mol. The Balaban J connectivity index is 1.07. The fourth-order valence-corrected chi connectivity index (χ4v) is 8.29. The lowest BCUT2D eigenvalue weighted by Gasteiger charge is -2.27. The first-order valence-electron chi connectivity index (χ1n) is 18.7. The van der Waals surface area contributed by atoms with Crippen LogP contribution in [-0.4, -0.2) is 0 Å². The average Bonchev–Trinajstić information content (AvgIpc) is 3.83. The Bertz CT molecular complexity index is 3190. The van der Waals surface area contributed by atoms with Crippen LogP contribution in [0.25, 0.3) is 88.0 Å². The smallest absolute Gasteiger partial charge is 0.159 e. The zero-order chi connectivity index (χ0) is 36.3. The van der Waals surface area contributed by atoms with Crippen LogP contribution in [0.2, 0.25) is 0 Å². The molecule has 3 nitrogen and oxygen atoms in total. The summed E-state index contributed by atoms with van der Waals surface area (Å²) in [7, 11) is 0. The molecule has 2 heterocycles. The largest absolute Gasteiger partial charge is 0.455 e. The summed E-state index contributed by atoms with van der Waals surface area (Å²) in [5, 5.41) is 6.78. The molecule has 0 N–H and O–H groups in total. The number of para-hydroxylation sites is 3. The van der Waals surface area contributed by atoms with E-state index in [0.717, 1.165) is 88.6 Å². The summed E-state index contributed by atoms with van der Waals surface area (Å²) in [4.78, 5) is 2.35. The van der Waals surface area contributed by atoms with Gasteiger partial charge < -0.3 is 13.7 Å². The topological polar surface area (TPSA) is 29.5 Å². The van der Waals surface area contributed by atoms with Crippen molar-refractivity contribution in [2.45, 2.75) is 0 Å². The van der Waals surface area contributed by atoms with Gasteiger partial charge in [-0.3, -0.25) is 0 Å². The third-order valence-electron chi connectivity index (χ3n) is 10.9. The molecule has 0 atom stereocenters. The van der Waals surface area contributed by atoms with Gasteiger partial charge in [-0.2, -0.15) is 0 Å². The van der Waals surface area contributed by atoms with E-state index in [9.17, 15) is 0 Å². The van der Waals surface area contributed by atoms with Crippen molar-refractivity contribution in [2.24, 2.45) is 0 Å². The van der Waals surface area contributed by atoms with Crippen molar-refractivity contribution in [1.29, 1.82) is 0 Å². The molecule has 0 spiro atoms. The van der Waals surface area contributed by atoms with Gasteiger partial charge in [0.2, 0.25) is 0 Å². The first-order valence-corrected chi connectivity index (χ1v) is 18.7. The van der Waals surface area contributed by atoms with E-state index in [4.69, 9.17) is 8.83 Å². The second-order valence-corrected chi connectivity index (χ2v) is 14.0. The second kappa shape index (κ2) is 12.6. The highest BCUT2D eigenvalue weighted by atomic mass is 16.3. The van der Waals surface area contributed by atoms with Gasteiger partial charge >= 0.3 is 0 Å². The van der Waals surface area contributed by atoms with E-state index < -0.39 is 0 Å². The van der Waals surface area contributed by atoms with Crippen LogP contribution in [0.3, 0.4) is 0 Å². The molecule has 2 aromatic heterocycles. The maximum atomic E-state index is 6.66. The van der Waals surface area contributed by atoms with Crippen molar-refractivity contribution in [2.75, 3.05) is 4.90 Å². The van der Waals surface area contributed by atoms with Gasteiger partial charge in [0.1, 0.15) is 16.7 Å². The third kappa shape index (κ3) is 5.13. The van der Waals surface area contributed by atoms with Crippen molar-refractivity contribution >= 4 is 71.7 Å². The minimum absolute atomic E-state index is 0.858. The Labute approximate surface area is 317 Å². The number of hydrogen-bond acceptors (Lipinski definition) is 3. The van der Waals surface area contributed by atoms with Crippen molar-refractivity contribution in [1.82, 2.24) is 0 Å². The number of furan rings is 2. The zero-order valence-corrected chi connectivity index (χ0v) is 29.8. The Kier molecular flexibility index (Phi) is 7.17. The van der Waals surface area contributed by atoms with Crippen molar-refractivity contribution in [3.63, 3.8) is 0 Å². The van der Waals surface area contributed by atoms with E-state index in [2.05, 4.69) is 187 Å². The minimum atomic E-state index is 0.858. The predicted octanol–water partition coefficient (Wildman–Crippen LogP) is 15.1. The number of benzene rings is 9. The molecule has 0 amide bonds. The summed E-state index contributed by atoms with van der Waals surface area (Å²) in [6.45, 7) is 0. The Hall–Kier alpha value is -7.36. The molecule has 55 heavy (non-hydrogen) atoms. The van der Waals surface area contributed by atoms with Crippen LogP contribution < -0.4 is 4.90 Å². The standard InChI is InChI=1S/C52H33NO2/c1-3-13-35(14-4-1)39-30-31-47(42-18-8-7-17-41(39)42)53(48-23-12-22-44-43-19-9-10-24-49(43)55-52(44)48)38-28-25-34(26-29-38)37-27-32-50-46(33-37)45-21-11-20-40(51(45)54-50)36-15-5-2-6-16-36/h1-33H. The van der Waals surface area contributed by atoms with E-state index in [0.29, 0.717) is 0 Å². The molecule has 0 aliphatic rings. The summed E-state index contributed by atoms with van der Waals surface area (Å²) in [6, 6.07) is 70.8. The molecule has 0 saturated carbocycles. The van der Waals surface area contributed by atoms with Gasteiger partial charge in [-0.05, 0) is 75.7 Å². The van der Waals surface area contributed by atoms with Crippen LogP contribution in [0.4, 0.5) is 17.1 Å². The molecule has 0 fully saturated rings. The summed E-state index contributed by atoms with van der Waals surface area (Å²) in [6.07, 6.45) is 0. The van der Waals surface area contributed by atoms with Crippen molar-refractivity contribution < 1.29 is 8.83 Å². The van der Waals surface area contributed by atoms with Crippen LogP contribution >= 0.6 is 0 Å². The molecular formula is C52H33NO2. The van der Waals surface area contributed by atoms with Crippen LogP contribution in [-0.2, 0) is 0 Å². The highest BCUT2D eigenvalue weighted by Gasteiger charge is 2.22. The molecule has 0 aliphatic heterocycles. The first-order chi connectivity index (χ1) is 27.3. The van der Waals surface area contributed by atoms with Crippen molar-refractivity contribution in [3.8, 4) is 33.4 Å². The summed E-state index contributed by atoms with van der Waals surface area (Å²) in [5.41, 5.74) is 13.5. The zero-order valence-electron chi connectivity index (χ0n) is 29.8. The van der Waals surface area contributed by atoms with Gasteiger partial charge in [-0.1, -0.05) is 158 Å². The highest BCUT2D eigenvalue weighted by Crippen LogP contribution is 2.46. The van der Waals surface area contributed by atoms with Gasteiger partial charge in [-0.15, -0.1) is 0 Å².